The van der Waals surface area contributed by atoms with Crippen molar-refractivity contribution in [2.45, 2.75) is 6.10 Å². The number of benzene rings is 1. The van der Waals surface area contributed by atoms with E-state index in [9.17, 15) is 5.11 Å². The van der Waals surface area contributed by atoms with Gasteiger partial charge in [-0.15, -0.1) is 0 Å². The molecule has 18 heavy (non-hydrogen) atoms. The van der Waals surface area contributed by atoms with Gasteiger partial charge in [0, 0.05) is 11.8 Å². The molecule has 4 nitrogen and oxygen atoms in total. The highest BCUT2D eigenvalue weighted by Gasteiger charge is 2.15. The Hall–Kier alpha value is -2.07. The van der Waals surface area contributed by atoms with Crippen molar-refractivity contribution in [3.8, 4) is 11.6 Å². The second-order valence-corrected chi connectivity index (χ2v) is 3.78. The van der Waals surface area contributed by atoms with Gasteiger partial charge in [-0.25, -0.2) is 4.98 Å². The normalized spacial score (nSPS) is 11.9. The number of aromatic nitrogens is 1. The van der Waals surface area contributed by atoms with Crippen LogP contribution in [0, 0.1) is 0 Å². The first-order valence-corrected chi connectivity index (χ1v) is 5.57. The molecular weight excluding hydrogens is 230 g/mol. The Morgan fingerprint density at radius 2 is 1.78 bits per heavy atom. The van der Waals surface area contributed by atoms with Crippen LogP contribution in [-0.4, -0.2) is 24.3 Å². The van der Waals surface area contributed by atoms with E-state index in [2.05, 4.69) is 4.98 Å². The molecule has 0 aliphatic rings. The molecule has 1 aromatic carbocycles. The topological polar surface area (TPSA) is 51.6 Å². The standard InChI is InChI=1S/C14H15NO3/c1-17-11-7-5-10(6-8-11)13(16)12-4-3-9-15-14(12)18-2/h3-9,13,16H,1-2H3. The molecule has 0 bridgehead atoms. The molecule has 1 atom stereocenters. The zero-order valence-corrected chi connectivity index (χ0v) is 10.3. The van der Waals surface area contributed by atoms with Crippen LogP contribution in [0.25, 0.3) is 0 Å². The van der Waals surface area contributed by atoms with Crippen molar-refractivity contribution in [2.24, 2.45) is 0 Å². The lowest BCUT2D eigenvalue weighted by atomic mass is 10.0. The van der Waals surface area contributed by atoms with E-state index in [-0.39, 0.29) is 0 Å². The molecule has 1 unspecified atom stereocenters. The highest BCUT2D eigenvalue weighted by atomic mass is 16.5. The van der Waals surface area contributed by atoms with Crippen molar-refractivity contribution in [3.63, 3.8) is 0 Å². The zero-order valence-electron chi connectivity index (χ0n) is 10.3. The summed E-state index contributed by atoms with van der Waals surface area (Å²) in [7, 11) is 3.14. The minimum Gasteiger partial charge on any atom is -0.497 e. The summed E-state index contributed by atoms with van der Waals surface area (Å²) in [4.78, 5) is 4.07. The Bertz CT molecular complexity index is 511. The third kappa shape index (κ3) is 2.43. The van der Waals surface area contributed by atoms with Crippen molar-refractivity contribution < 1.29 is 14.6 Å². The van der Waals surface area contributed by atoms with Crippen molar-refractivity contribution >= 4 is 0 Å². The van der Waals surface area contributed by atoms with E-state index in [1.807, 2.05) is 12.1 Å². The maximum absolute atomic E-state index is 10.3. The van der Waals surface area contributed by atoms with E-state index < -0.39 is 6.10 Å². The summed E-state index contributed by atoms with van der Waals surface area (Å²) >= 11 is 0. The lowest BCUT2D eigenvalue weighted by molar-refractivity contribution is 0.213. The lowest BCUT2D eigenvalue weighted by Crippen LogP contribution is -2.03. The first-order valence-electron chi connectivity index (χ1n) is 5.57. The molecule has 1 N–H and O–H groups in total. The van der Waals surface area contributed by atoms with Crippen LogP contribution in [0.4, 0.5) is 0 Å². The number of rotatable bonds is 4. The molecule has 1 aromatic heterocycles. The maximum Gasteiger partial charge on any atom is 0.219 e. The predicted molar refractivity (Wildman–Crippen MR) is 67.8 cm³/mol. The molecule has 94 valence electrons. The van der Waals surface area contributed by atoms with Gasteiger partial charge in [-0.2, -0.15) is 0 Å². The number of aliphatic hydroxyl groups excluding tert-OH is 1. The molecule has 0 aliphatic heterocycles. The molecule has 0 saturated carbocycles. The summed E-state index contributed by atoms with van der Waals surface area (Å²) in [5, 5.41) is 10.3. The maximum atomic E-state index is 10.3. The van der Waals surface area contributed by atoms with Crippen LogP contribution >= 0.6 is 0 Å². The fourth-order valence-electron chi connectivity index (χ4n) is 1.75. The van der Waals surface area contributed by atoms with Gasteiger partial charge in [-0.1, -0.05) is 12.1 Å². The third-order valence-corrected chi connectivity index (χ3v) is 2.72. The molecule has 2 aromatic rings. The molecule has 2 rings (SSSR count). The van der Waals surface area contributed by atoms with Crippen molar-refractivity contribution in [1.29, 1.82) is 0 Å². The van der Waals surface area contributed by atoms with Crippen LogP contribution in [0.3, 0.4) is 0 Å². The largest absolute Gasteiger partial charge is 0.497 e. The Balaban J connectivity index is 2.31. The molecule has 0 aliphatic carbocycles. The van der Waals surface area contributed by atoms with Gasteiger partial charge < -0.3 is 14.6 Å². The first kappa shape index (κ1) is 12.4. The van der Waals surface area contributed by atoms with E-state index in [0.717, 1.165) is 11.3 Å². The summed E-state index contributed by atoms with van der Waals surface area (Å²) in [6, 6.07) is 10.8. The molecule has 0 amide bonds. The Labute approximate surface area is 106 Å². The molecule has 0 spiro atoms. The second-order valence-electron chi connectivity index (χ2n) is 3.78. The van der Waals surface area contributed by atoms with Gasteiger partial charge in [0.15, 0.2) is 0 Å². The minimum atomic E-state index is -0.764. The SMILES string of the molecule is COc1ccc(C(O)c2cccnc2OC)cc1. The number of nitrogens with zero attached hydrogens (tertiary/aromatic N) is 1. The molecule has 1 heterocycles. The van der Waals surface area contributed by atoms with Crippen molar-refractivity contribution in [2.75, 3.05) is 14.2 Å². The summed E-state index contributed by atoms with van der Waals surface area (Å²) in [5.41, 5.74) is 1.41. The van der Waals surface area contributed by atoms with Crippen LogP contribution < -0.4 is 9.47 Å². The fraction of sp³-hybridized carbons (Fsp3) is 0.214. The van der Waals surface area contributed by atoms with E-state index in [1.165, 1.54) is 7.11 Å². The minimum absolute atomic E-state index is 0.431. The fourth-order valence-corrected chi connectivity index (χ4v) is 1.75. The van der Waals surface area contributed by atoms with Crippen LogP contribution in [0.1, 0.15) is 17.2 Å². The summed E-state index contributed by atoms with van der Waals surface area (Å²) in [6.45, 7) is 0. The molecular formula is C14H15NO3. The van der Waals surface area contributed by atoms with Gasteiger partial charge in [0.2, 0.25) is 5.88 Å². The average molecular weight is 245 g/mol. The highest BCUT2D eigenvalue weighted by Crippen LogP contribution is 2.28. The van der Waals surface area contributed by atoms with Gasteiger partial charge in [0.25, 0.3) is 0 Å². The molecule has 0 radical (unpaired) electrons. The summed E-state index contributed by atoms with van der Waals surface area (Å²) in [5.74, 6) is 1.19. The van der Waals surface area contributed by atoms with Gasteiger partial charge in [0.05, 0.1) is 14.2 Å². The van der Waals surface area contributed by atoms with E-state index >= 15 is 0 Å². The summed E-state index contributed by atoms with van der Waals surface area (Å²) < 4.78 is 10.2. The summed E-state index contributed by atoms with van der Waals surface area (Å²) in [6.07, 6.45) is 0.864. The monoisotopic (exact) mass is 245 g/mol. The van der Waals surface area contributed by atoms with Crippen LogP contribution in [0.15, 0.2) is 42.6 Å². The number of pyridine rings is 1. The second kappa shape index (κ2) is 5.51. The Morgan fingerprint density at radius 1 is 1.06 bits per heavy atom. The van der Waals surface area contributed by atoms with E-state index in [0.29, 0.717) is 11.4 Å². The third-order valence-electron chi connectivity index (χ3n) is 2.72. The van der Waals surface area contributed by atoms with Gasteiger partial charge >= 0.3 is 0 Å². The predicted octanol–water partition coefficient (Wildman–Crippen LogP) is 2.18. The van der Waals surface area contributed by atoms with E-state index in [1.54, 1.807) is 37.6 Å². The highest BCUT2D eigenvalue weighted by molar-refractivity contribution is 5.37. The van der Waals surface area contributed by atoms with Crippen LogP contribution in [0.2, 0.25) is 0 Å². The molecule has 4 heteroatoms. The van der Waals surface area contributed by atoms with Crippen molar-refractivity contribution in [3.05, 3.63) is 53.7 Å². The quantitative estimate of drug-likeness (QED) is 0.897. The average Bonchev–Trinajstić information content (AvgIpc) is 2.46. The number of ether oxygens (including phenoxy) is 2. The van der Waals surface area contributed by atoms with Gasteiger partial charge in [-0.3, -0.25) is 0 Å². The molecule has 0 fully saturated rings. The van der Waals surface area contributed by atoms with Gasteiger partial charge in [-0.05, 0) is 29.8 Å². The van der Waals surface area contributed by atoms with Crippen LogP contribution in [-0.2, 0) is 0 Å². The Kier molecular flexibility index (Phi) is 3.79. The van der Waals surface area contributed by atoms with Gasteiger partial charge in [0.1, 0.15) is 11.9 Å². The van der Waals surface area contributed by atoms with E-state index in [4.69, 9.17) is 9.47 Å². The number of hydrogen-bond acceptors (Lipinski definition) is 4. The molecule has 0 saturated heterocycles. The Morgan fingerprint density at radius 3 is 2.39 bits per heavy atom. The number of hydrogen-bond donors (Lipinski definition) is 1. The lowest BCUT2D eigenvalue weighted by Gasteiger charge is -2.14. The smallest absolute Gasteiger partial charge is 0.219 e. The number of methoxy groups -OCH3 is 2. The zero-order chi connectivity index (χ0) is 13.0. The van der Waals surface area contributed by atoms with Crippen molar-refractivity contribution in [1.82, 2.24) is 4.98 Å². The number of aliphatic hydroxyl groups is 1. The first-order chi connectivity index (χ1) is 8.76. The van der Waals surface area contributed by atoms with Crippen LogP contribution in [0.5, 0.6) is 11.6 Å².